The lowest BCUT2D eigenvalue weighted by molar-refractivity contribution is -0.152. The Morgan fingerprint density at radius 3 is 2.62 bits per heavy atom. The largest absolute Gasteiger partial charge is 0.468 e. The second kappa shape index (κ2) is 8.27. The second-order valence-electron chi connectivity index (χ2n) is 7.42. The van der Waals surface area contributed by atoms with Gasteiger partial charge in [0.2, 0.25) is 0 Å². The van der Waals surface area contributed by atoms with E-state index < -0.39 is 35.5 Å². The fraction of sp³-hybridized carbons (Fsp3) is 0.455. The molecule has 0 N–H and O–H groups in total. The minimum atomic E-state index is -0.957. The Labute approximate surface area is 168 Å². The summed E-state index contributed by atoms with van der Waals surface area (Å²) in [5, 5.41) is 0. The summed E-state index contributed by atoms with van der Waals surface area (Å²) in [5.41, 5.74) is 1.73. The van der Waals surface area contributed by atoms with Crippen LogP contribution >= 0.6 is 0 Å². The average molecular weight is 401 g/mol. The number of allylic oxidation sites excluding steroid dienone is 1. The first-order chi connectivity index (χ1) is 13.8. The van der Waals surface area contributed by atoms with E-state index in [9.17, 15) is 18.8 Å². The van der Waals surface area contributed by atoms with Crippen molar-refractivity contribution in [2.24, 2.45) is 22.7 Å². The zero-order chi connectivity index (χ0) is 21.3. The molecule has 1 aliphatic heterocycles. The molecule has 4 atom stereocenters. The van der Waals surface area contributed by atoms with E-state index in [4.69, 9.17) is 9.47 Å². The molecule has 0 radical (unpaired) electrons. The van der Waals surface area contributed by atoms with Gasteiger partial charge in [-0.15, -0.1) is 0 Å². The quantitative estimate of drug-likeness (QED) is 0.572. The van der Waals surface area contributed by atoms with Crippen LogP contribution in [-0.2, 0) is 23.9 Å². The Kier molecular flexibility index (Phi) is 5.96. The van der Waals surface area contributed by atoms with Gasteiger partial charge in [0.25, 0.3) is 0 Å². The highest BCUT2D eigenvalue weighted by Gasteiger charge is 2.51. The molecule has 1 heterocycles. The van der Waals surface area contributed by atoms with Crippen LogP contribution < -0.4 is 0 Å². The Balaban J connectivity index is 2.18. The zero-order valence-corrected chi connectivity index (χ0v) is 16.9. The van der Waals surface area contributed by atoms with Crippen molar-refractivity contribution in [1.29, 1.82) is 0 Å². The number of methoxy groups -OCH3 is 1. The number of halogens is 1. The summed E-state index contributed by atoms with van der Waals surface area (Å²) in [6.45, 7) is 5.32. The number of aliphatic imine (C=N–C) groups is 1. The molecular weight excluding hydrogens is 377 g/mol. The molecule has 1 aromatic rings. The van der Waals surface area contributed by atoms with E-state index >= 15 is 0 Å². The fourth-order valence-electron chi connectivity index (χ4n) is 4.37. The van der Waals surface area contributed by atoms with Gasteiger partial charge < -0.3 is 9.47 Å². The van der Waals surface area contributed by atoms with Gasteiger partial charge in [0, 0.05) is 17.3 Å². The summed E-state index contributed by atoms with van der Waals surface area (Å²) in [4.78, 5) is 43.0. The predicted octanol–water partition coefficient (Wildman–Crippen LogP) is 3.22. The lowest BCUT2D eigenvalue weighted by Gasteiger charge is -2.40. The van der Waals surface area contributed by atoms with Crippen molar-refractivity contribution >= 4 is 23.4 Å². The first-order valence-corrected chi connectivity index (χ1v) is 9.62. The third kappa shape index (κ3) is 3.73. The van der Waals surface area contributed by atoms with Gasteiger partial charge in [-0.25, -0.2) is 9.18 Å². The van der Waals surface area contributed by atoms with Crippen molar-refractivity contribution in [3.8, 4) is 0 Å². The molecule has 1 aliphatic carbocycles. The highest BCUT2D eigenvalue weighted by atomic mass is 19.1. The predicted molar refractivity (Wildman–Crippen MR) is 104 cm³/mol. The minimum absolute atomic E-state index is 0.155. The van der Waals surface area contributed by atoms with Gasteiger partial charge >= 0.3 is 11.9 Å². The van der Waals surface area contributed by atoms with Crippen molar-refractivity contribution in [3.05, 3.63) is 46.9 Å². The zero-order valence-electron chi connectivity index (χ0n) is 16.9. The van der Waals surface area contributed by atoms with E-state index in [1.165, 1.54) is 25.3 Å². The van der Waals surface area contributed by atoms with Crippen LogP contribution in [-0.4, -0.2) is 37.2 Å². The molecule has 3 rings (SSSR count). The van der Waals surface area contributed by atoms with Gasteiger partial charge in [-0.2, -0.15) is 0 Å². The van der Waals surface area contributed by atoms with Crippen molar-refractivity contribution in [3.63, 3.8) is 0 Å². The van der Waals surface area contributed by atoms with Crippen molar-refractivity contribution < 1.29 is 28.2 Å². The van der Waals surface area contributed by atoms with Crippen LogP contribution in [0.5, 0.6) is 0 Å². The van der Waals surface area contributed by atoms with E-state index in [0.717, 1.165) is 0 Å². The number of ketones is 1. The average Bonchev–Trinajstić information content (AvgIpc) is 2.66. The third-order valence-corrected chi connectivity index (χ3v) is 5.58. The number of benzene rings is 1. The molecule has 1 fully saturated rings. The van der Waals surface area contributed by atoms with Gasteiger partial charge in [0.1, 0.15) is 11.7 Å². The van der Waals surface area contributed by atoms with Gasteiger partial charge in [-0.3, -0.25) is 14.6 Å². The molecule has 154 valence electrons. The minimum Gasteiger partial charge on any atom is -0.468 e. The van der Waals surface area contributed by atoms with Crippen LogP contribution in [0.1, 0.15) is 38.7 Å². The first-order valence-electron chi connectivity index (χ1n) is 9.62. The molecular formula is C22H24FNO5. The summed E-state index contributed by atoms with van der Waals surface area (Å²) in [5.74, 6) is -4.90. The number of hydrogen-bond donors (Lipinski definition) is 0. The van der Waals surface area contributed by atoms with Gasteiger partial charge in [0.05, 0.1) is 25.2 Å². The smallest absolute Gasteiger partial charge is 0.336 e. The molecule has 0 aromatic heterocycles. The summed E-state index contributed by atoms with van der Waals surface area (Å²) >= 11 is 0. The summed E-state index contributed by atoms with van der Waals surface area (Å²) < 4.78 is 24.1. The maximum Gasteiger partial charge on any atom is 0.336 e. The Bertz CT molecular complexity index is 920. The summed E-state index contributed by atoms with van der Waals surface area (Å²) in [7, 11) is 1.24. The number of carbonyl (C=O) groups is 3. The number of rotatable bonds is 4. The van der Waals surface area contributed by atoms with E-state index in [-0.39, 0.29) is 23.9 Å². The molecule has 7 heteroatoms. The van der Waals surface area contributed by atoms with E-state index in [1.807, 2.05) is 0 Å². The monoisotopic (exact) mass is 401 g/mol. The molecule has 0 amide bonds. The molecule has 6 nitrogen and oxygen atoms in total. The highest BCUT2D eigenvalue weighted by molar-refractivity contribution is 6.17. The normalized spacial score (nSPS) is 26.5. The van der Waals surface area contributed by atoms with Crippen LogP contribution in [0, 0.1) is 23.6 Å². The molecule has 29 heavy (non-hydrogen) atoms. The van der Waals surface area contributed by atoms with Crippen molar-refractivity contribution in [1.82, 2.24) is 0 Å². The van der Waals surface area contributed by atoms with Gasteiger partial charge in [0.15, 0.2) is 5.78 Å². The first kappa shape index (κ1) is 20.9. The molecule has 0 unspecified atom stereocenters. The van der Waals surface area contributed by atoms with Crippen molar-refractivity contribution in [2.45, 2.75) is 33.1 Å². The van der Waals surface area contributed by atoms with Crippen molar-refractivity contribution in [2.75, 3.05) is 13.7 Å². The van der Waals surface area contributed by atoms with Crippen LogP contribution in [0.3, 0.4) is 0 Å². The van der Waals surface area contributed by atoms with Crippen LogP contribution in [0.4, 0.5) is 4.39 Å². The Morgan fingerprint density at radius 2 is 2.00 bits per heavy atom. The van der Waals surface area contributed by atoms with Gasteiger partial charge in [-0.1, -0.05) is 19.1 Å². The maximum atomic E-state index is 14.0. The molecule has 0 spiro atoms. The standard InChI is InChI=1S/C22H24FNO5/c1-5-29-22(27)17-12(3)24-15-9-11(2)16(21(26)28-4)20(25)19(15)18(17)13-7-6-8-14(23)10-13/h6-8,10-11,16,18-19H,5,9H2,1-4H3/t11-,16-,18-,19+/m1/s1. The van der Waals surface area contributed by atoms with Crippen LogP contribution in [0.2, 0.25) is 0 Å². The Hall–Kier alpha value is -2.83. The number of hydrogen-bond acceptors (Lipinski definition) is 6. The van der Waals surface area contributed by atoms with Gasteiger partial charge in [-0.05, 0) is 43.9 Å². The summed E-state index contributed by atoms with van der Waals surface area (Å²) in [6.07, 6.45) is 0.412. The maximum absolute atomic E-state index is 14.0. The molecule has 1 aromatic carbocycles. The second-order valence-corrected chi connectivity index (χ2v) is 7.42. The number of carbonyl (C=O) groups excluding carboxylic acids is 3. The number of fused-ring (bicyclic) bond motifs is 1. The third-order valence-electron chi connectivity index (χ3n) is 5.58. The number of esters is 2. The van der Waals surface area contributed by atoms with Crippen LogP contribution in [0.25, 0.3) is 0 Å². The SMILES string of the molecule is CCOC(=O)C1=C(C)N=C2C[C@@H](C)[C@@H](C(=O)OC)C(=O)[C@@H]2[C@@H]1c1cccc(F)c1. The molecule has 0 bridgehead atoms. The number of ether oxygens (including phenoxy) is 2. The van der Waals surface area contributed by atoms with E-state index in [1.54, 1.807) is 26.8 Å². The summed E-state index contributed by atoms with van der Waals surface area (Å²) in [6, 6.07) is 5.80. The lowest BCUT2D eigenvalue weighted by atomic mass is 9.64. The fourth-order valence-corrected chi connectivity index (χ4v) is 4.37. The number of nitrogens with zero attached hydrogens (tertiary/aromatic N) is 1. The lowest BCUT2D eigenvalue weighted by Crippen LogP contribution is -2.48. The van der Waals surface area contributed by atoms with Crippen LogP contribution in [0.15, 0.2) is 40.5 Å². The van der Waals surface area contributed by atoms with E-state index in [0.29, 0.717) is 23.4 Å². The molecule has 1 saturated carbocycles. The molecule has 2 aliphatic rings. The Morgan fingerprint density at radius 1 is 1.28 bits per heavy atom. The number of Topliss-reactive ketones (excluding diaryl/α,β-unsaturated/α-hetero) is 1. The molecule has 0 saturated heterocycles. The topological polar surface area (TPSA) is 82.0 Å². The van der Waals surface area contributed by atoms with E-state index in [2.05, 4.69) is 4.99 Å². The highest BCUT2D eigenvalue weighted by Crippen LogP contribution is 2.45.